The molecule has 1 saturated carbocycles. The van der Waals surface area contributed by atoms with Gasteiger partial charge in [0.1, 0.15) is 30.7 Å². The van der Waals surface area contributed by atoms with E-state index in [1.54, 1.807) is 19.2 Å². The number of ether oxygens (including phenoxy) is 3. The molecule has 0 spiro atoms. The lowest BCUT2D eigenvalue weighted by Gasteiger charge is -2.24. The second-order valence-corrected chi connectivity index (χ2v) is 10.5. The molecule has 4 rings (SSSR count). The Kier molecular flexibility index (Phi) is 7.46. The van der Waals surface area contributed by atoms with Gasteiger partial charge in [-0.05, 0) is 25.8 Å². The van der Waals surface area contributed by atoms with Gasteiger partial charge >= 0.3 is 13.6 Å². The molecule has 2 aromatic rings. The van der Waals surface area contributed by atoms with Gasteiger partial charge in [0, 0.05) is 19.3 Å². The summed E-state index contributed by atoms with van der Waals surface area (Å²) in [6, 6.07) is 1.96. The quantitative estimate of drug-likeness (QED) is 0.258. The van der Waals surface area contributed by atoms with Gasteiger partial charge in [0.05, 0.1) is 11.5 Å². The molecule has 3 heterocycles. The van der Waals surface area contributed by atoms with Crippen molar-refractivity contribution in [3.05, 3.63) is 12.3 Å². The minimum absolute atomic E-state index is 0.00316. The number of hydrogen-bond donors (Lipinski definition) is 6. The van der Waals surface area contributed by atoms with Crippen LogP contribution in [0.5, 0.6) is 6.01 Å². The van der Waals surface area contributed by atoms with Crippen LogP contribution in [0, 0.1) is 0 Å². The molecule has 14 heteroatoms. The van der Waals surface area contributed by atoms with Gasteiger partial charge in [0.15, 0.2) is 17.7 Å². The molecule has 1 aliphatic carbocycles. The topological polar surface area (TPSA) is 189 Å². The number of aliphatic hydroxyl groups excluding tert-OH is 3. The SMILES string of the molecule is COC([C@@H]1O[C@@H](n2ccc3c(NC4CCCC4)nc(OCC(C)O)nc32)[C@H](O)[C@@H]1O)P(=O)(O)O. The highest BCUT2D eigenvalue weighted by atomic mass is 31.2. The Bertz CT molecular complexity index is 1040. The summed E-state index contributed by atoms with van der Waals surface area (Å²) in [6.45, 7) is 1.53. The number of aromatic nitrogens is 3. The highest BCUT2D eigenvalue weighted by Crippen LogP contribution is 2.48. The van der Waals surface area contributed by atoms with Gasteiger partial charge in [-0.1, -0.05) is 12.8 Å². The van der Waals surface area contributed by atoms with E-state index in [4.69, 9.17) is 14.2 Å². The number of fused-ring (bicyclic) bond motifs is 1. The van der Waals surface area contributed by atoms with Crippen LogP contribution in [0.15, 0.2) is 12.3 Å². The van der Waals surface area contributed by atoms with Crippen LogP contribution in [0.1, 0.15) is 38.8 Å². The number of rotatable bonds is 9. The summed E-state index contributed by atoms with van der Waals surface area (Å²) in [5.41, 5.74) is 0.318. The average molecular weight is 502 g/mol. The first-order chi connectivity index (χ1) is 16.1. The van der Waals surface area contributed by atoms with Crippen LogP contribution >= 0.6 is 7.60 Å². The van der Waals surface area contributed by atoms with Crippen molar-refractivity contribution in [1.29, 1.82) is 0 Å². The summed E-state index contributed by atoms with van der Waals surface area (Å²) >= 11 is 0. The number of nitrogens with zero attached hydrogens (tertiary/aromatic N) is 3. The molecule has 0 amide bonds. The maximum atomic E-state index is 11.8. The molecule has 1 saturated heterocycles. The summed E-state index contributed by atoms with van der Waals surface area (Å²) in [5.74, 6) is -1.24. The zero-order valence-electron chi connectivity index (χ0n) is 18.9. The summed E-state index contributed by atoms with van der Waals surface area (Å²) in [5, 5.41) is 34.8. The predicted molar refractivity (Wildman–Crippen MR) is 119 cm³/mol. The third kappa shape index (κ3) is 5.07. The third-order valence-electron chi connectivity index (χ3n) is 6.10. The molecule has 34 heavy (non-hydrogen) atoms. The number of aliphatic hydroxyl groups is 3. The molecule has 0 radical (unpaired) electrons. The lowest BCUT2D eigenvalue weighted by atomic mass is 10.1. The highest BCUT2D eigenvalue weighted by Gasteiger charge is 2.52. The first kappa shape index (κ1) is 25.3. The zero-order valence-corrected chi connectivity index (χ0v) is 19.8. The molecule has 0 bridgehead atoms. The van der Waals surface area contributed by atoms with Crippen LogP contribution in [0.4, 0.5) is 5.82 Å². The molecular formula is C20H31N4O9P. The van der Waals surface area contributed by atoms with E-state index >= 15 is 0 Å². The minimum Gasteiger partial charge on any atom is -0.461 e. The van der Waals surface area contributed by atoms with Gasteiger partial charge in [-0.15, -0.1) is 0 Å². The molecule has 1 aliphatic heterocycles. The molecule has 2 aliphatic rings. The monoisotopic (exact) mass is 502 g/mol. The first-order valence-corrected chi connectivity index (χ1v) is 12.8. The van der Waals surface area contributed by atoms with Crippen LogP contribution < -0.4 is 10.1 Å². The Morgan fingerprint density at radius 3 is 2.59 bits per heavy atom. The second-order valence-electron chi connectivity index (χ2n) is 8.79. The smallest absolute Gasteiger partial charge is 0.356 e. The normalized spacial score (nSPS) is 27.9. The van der Waals surface area contributed by atoms with Crippen LogP contribution in [-0.2, 0) is 14.0 Å². The molecule has 190 valence electrons. The molecule has 6 atom stereocenters. The Labute approximate surface area is 195 Å². The Morgan fingerprint density at radius 2 is 1.97 bits per heavy atom. The van der Waals surface area contributed by atoms with Crippen molar-refractivity contribution >= 4 is 24.4 Å². The van der Waals surface area contributed by atoms with E-state index in [0.29, 0.717) is 16.9 Å². The van der Waals surface area contributed by atoms with Crippen molar-refractivity contribution in [1.82, 2.24) is 14.5 Å². The fourth-order valence-corrected chi connectivity index (χ4v) is 5.37. The fourth-order valence-electron chi connectivity index (χ4n) is 4.47. The summed E-state index contributed by atoms with van der Waals surface area (Å²) < 4.78 is 29.4. The van der Waals surface area contributed by atoms with Gasteiger partial charge in [0.25, 0.3) is 0 Å². The first-order valence-electron chi connectivity index (χ1n) is 11.2. The summed E-state index contributed by atoms with van der Waals surface area (Å²) in [4.78, 5) is 28.0. The van der Waals surface area contributed by atoms with Crippen molar-refractivity contribution in [3.63, 3.8) is 0 Å². The van der Waals surface area contributed by atoms with E-state index in [9.17, 15) is 29.7 Å². The Balaban J connectivity index is 1.70. The second kappa shape index (κ2) is 10.0. The van der Waals surface area contributed by atoms with E-state index in [-0.39, 0.29) is 18.7 Å². The molecule has 0 aromatic carbocycles. The molecule has 2 fully saturated rings. The maximum Gasteiger partial charge on any atom is 0.356 e. The third-order valence-corrected chi connectivity index (χ3v) is 7.27. The molecule has 2 aromatic heterocycles. The largest absolute Gasteiger partial charge is 0.461 e. The van der Waals surface area contributed by atoms with Crippen molar-refractivity contribution in [2.24, 2.45) is 0 Å². The minimum atomic E-state index is -4.80. The summed E-state index contributed by atoms with van der Waals surface area (Å²) in [7, 11) is -3.71. The van der Waals surface area contributed by atoms with Gasteiger partial charge in [-0.25, -0.2) is 0 Å². The predicted octanol–water partition coefficient (Wildman–Crippen LogP) is 0.315. The van der Waals surface area contributed by atoms with Crippen molar-refractivity contribution in [2.45, 2.75) is 75.1 Å². The van der Waals surface area contributed by atoms with Crippen LogP contribution in [0.25, 0.3) is 11.0 Å². The van der Waals surface area contributed by atoms with Crippen LogP contribution in [0.2, 0.25) is 0 Å². The van der Waals surface area contributed by atoms with Gasteiger partial charge in [-0.3, -0.25) is 4.57 Å². The fraction of sp³-hybridized carbons (Fsp3) is 0.700. The van der Waals surface area contributed by atoms with Crippen LogP contribution in [0.3, 0.4) is 0 Å². The van der Waals surface area contributed by atoms with E-state index in [2.05, 4.69) is 15.3 Å². The van der Waals surface area contributed by atoms with Gasteiger partial charge in [-0.2, -0.15) is 9.97 Å². The lowest BCUT2D eigenvalue weighted by Crippen LogP contribution is -2.39. The average Bonchev–Trinajstić information content (AvgIpc) is 3.48. The van der Waals surface area contributed by atoms with Crippen molar-refractivity contribution in [3.8, 4) is 6.01 Å². The number of methoxy groups -OCH3 is 1. The maximum absolute atomic E-state index is 11.8. The van der Waals surface area contributed by atoms with E-state index in [1.807, 2.05) is 0 Å². The molecule has 2 unspecified atom stereocenters. The van der Waals surface area contributed by atoms with Gasteiger partial charge < -0.3 is 49.2 Å². The standard InChI is InChI=1S/C20H31N4O9P/c1-10(25)9-32-20-22-16(21-11-5-3-4-6-11)12-7-8-24(17(12)23-20)18-14(27)13(26)15(33-18)19(31-2)34(28,29)30/h7-8,10-11,13-15,18-19,25-27H,3-6,9H2,1-2H3,(H,21,22,23)(H2,28,29,30)/t10?,13-,14+,15+,18+,19?/m0/s1. The van der Waals surface area contributed by atoms with E-state index in [1.165, 1.54) is 4.57 Å². The summed E-state index contributed by atoms with van der Waals surface area (Å²) in [6.07, 6.45) is -0.777. The van der Waals surface area contributed by atoms with Crippen molar-refractivity contribution in [2.75, 3.05) is 19.0 Å². The van der Waals surface area contributed by atoms with Crippen molar-refractivity contribution < 1.29 is 43.9 Å². The number of anilines is 1. The van der Waals surface area contributed by atoms with Gasteiger partial charge in [0.2, 0.25) is 0 Å². The zero-order chi connectivity index (χ0) is 24.6. The number of nitrogens with one attached hydrogen (secondary N) is 1. The van der Waals surface area contributed by atoms with E-state index in [0.717, 1.165) is 32.8 Å². The highest BCUT2D eigenvalue weighted by molar-refractivity contribution is 7.52. The molecule has 6 N–H and O–H groups in total. The Morgan fingerprint density at radius 1 is 1.26 bits per heavy atom. The Hall–Kier alpha value is -1.83. The van der Waals surface area contributed by atoms with Crippen LogP contribution in [-0.4, -0.2) is 89.7 Å². The molecule has 13 nitrogen and oxygen atoms in total. The lowest BCUT2D eigenvalue weighted by molar-refractivity contribution is -0.0759. The number of hydrogen-bond acceptors (Lipinski definition) is 10. The molecular weight excluding hydrogens is 471 g/mol. The van der Waals surface area contributed by atoms with E-state index < -0.39 is 44.1 Å².